The second-order valence-corrected chi connectivity index (χ2v) is 9.94. The Kier molecular flexibility index (Phi) is 14.2. The SMILES string of the molecule is CO/C(C)=C(/COP(OCC(OC=O)C(C)OC)OCn1cc(CCN(C)C)c2ccc(OC)cc21)OC=O. The number of rotatable bonds is 20. The van der Waals surface area contributed by atoms with Crippen molar-refractivity contribution in [3.63, 3.8) is 0 Å². The number of nitrogens with zero attached hydrogens (tertiary/aromatic N) is 2. The van der Waals surface area contributed by atoms with Crippen molar-refractivity contribution in [1.29, 1.82) is 0 Å². The van der Waals surface area contributed by atoms with Crippen molar-refractivity contribution in [1.82, 2.24) is 9.47 Å². The number of hydrogen-bond acceptors (Lipinski definition) is 11. The Morgan fingerprint density at radius 3 is 2.49 bits per heavy atom. The molecule has 0 saturated heterocycles. The van der Waals surface area contributed by atoms with Gasteiger partial charge in [-0.25, -0.2) is 0 Å². The van der Waals surface area contributed by atoms with Gasteiger partial charge < -0.3 is 42.2 Å². The van der Waals surface area contributed by atoms with E-state index in [1.165, 1.54) is 14.2 Å². The number of methoxy groups -OCH3 is 3. The number of benzene rings is 1. The Labute approximate surface area is 230 Å². The van der Waals surface area contributed by atoms with E-state index in [-0.39, 0.29) is 32.2 Å². The van der Waals surface area contributed by atoms with Gasteiger partial charge in [0.15, 0.2) is 11.9 Å². The molecule has 0 aliphatic carbocycles. The third kappa shape index (κ3) is 10.1. The van der Waals surface area contributed by atoms with Crippen LogP contribution < -0.4 is 4.74 Å². The van der Waals surface area contributed by atoms with Gasteiger partial charge in [0.25, 0.3) is 12.9 Å². The lowest BCUT2D eigenvalue weighted by atomic mass is 10.1. The van der Waals surface area contributed by atoms with E-state index in [4.69, 9.17) is 37.3 Å². The zero-order valence-corrected chi connectivity index (χ0v) is 24.5. The molecule has 1 aromatic heterocycles. The highest BCUT2D eigenvalue weighted by atomic mass is 31.2. The van der Waals surface area contributed by atoms with Crippen molar-refractivity contribution in [3.05, 3.63) is 41.5 Å². The number of carbonyl (C=O) groups excluding carboxylic acids is 2. The van der Waals surface area contributed by atoms with Crippen molar-refractivity contribution in [2.45, 2.75) is 39.2 Å². The molecule has 0 fully saturated rings. The van der Waals surface area contributed by atoms with Gasteiger partial charge in [-0.05, 0) is 52.1 Å². The predicted molar refractivity (Wildman–Crippen MR) is 145 cm³/mol. The highest BCUT2D eigenvalue weighted by Crippen LogP contribution is 2.42. The van der Waals surface area contributed by atoms with Crippen LogP contribution in [0.15, 0.2) is 35.9 Å². The van der Waals surface area contributed by atoms with Gasteiger partial charge in [-0.2, -0.15) is 0 Å². The molecule has 218 valence electrons. The van der Waals surface area contributed by atoms with E-state index < -0.39 is 20.8 Å². The van der Waals surface area contributed by atoms with Crippen LogP contribution in [0.1, 0.15) is 19.4 Å². The van der Waals surface area contributed by atoms with E-state index >= 15 is 0 Å². The first-order chi connectivity index (χ1) is 18.8. The summed E-state index contributed by atoms with van der Waals surface area (Å²) in [6, 6.07) is 5.89. The summed E-state index contributed by atoms with van der Waals surface area (Å²) in [4.78, 5) is 24.1. The highest BCUT2D eigenvalue weighted by molar-refractivity contribution is 7.41. The molecule has 2 aromatic rings. The van der Waals surface area contributed by atoms with E-state index in [0.717, 1.165) is 29.4 Å². The van der Waals surface area contributed by atoms with Crippen molar-refractivity contribution in [3.8, 4) is 5.75 Å². The van der Waals surface area contributed by atoms with Gasteiger partial charge in [-0.3, -0.25) is 14.1 Å². The molecule has 0 spiro atoms. The van der Waals surface area contributed by atoms with E-state index in [2.05, 4.69) is 4.90 Å². The van der Waals surface area contributed by atoms with Gasteiger partial charge >= 0.3 is 8.60 Å². The molecular formula is C26H39N2O10P. The van der Waals surface area contributed by atoms with E-state index in [1.54, 1.807) is 21.0 Å². The van der Waals surface area contributed by atoms with Crippen LogP contribution in [0.5, 0.6) is 5.75 Å². The van der Waals surface area contributed by atoms with Gasteiger partial charge in [-0.1, -0.05) is 0 Å². The molecule has 0 aliphatic heterocycles. The Morgan fingerprint density at radius 2 is 1.87 bits per heavy atom. The summed E-state index contributed by atoms with van der Waals surface area (Å²) >= 11 is 0. The Balaban J connectivity index is 2.28. The van der Waals surface area contributed by atoms with Gasteiger partial charge in [0.1, 0.15) is 24.8 Å². The lowest BCUT2D eigenvalue weighted by molar-refractivity contribution is -0.142. The molecule has 3 unspecified atom stereocenters. The zero-order valence-electron chi connectivity index (χ0n) is 23.6. The first kappa shape index (κ1) is 32.5. The molecule has 1 heterocycles. The van der Waals surface area contributed by atoms with Crippen LogP contribution in [0.2, 0.25) is 0 Å². The second-order valence-electron chi connectivity index (χ2n) is 8.72. The maximum absolute atomic E-state index is 11.0. The number of carbonyl (C=O) groups is 2. The fourth-order valence-electron chi connectivity index (χ4n) is 3.49. The number of aromatic nitrogens is 1. The van der Waals surface area contributed by atoms with E-state index in [0.29, 0.717) is 18.0 Å². The first-order valence-electron chi connectivity index (χ1n) is 12.2. The summed E-state index contributed by atoms with van der Waals surface area (Å²) in [5.74, 6) is 1.25. The zero-order chi connectivity index (χ0) is 28.8. The average molecular weight is 571 g/mol. The molecule has 13 heteroatoms. The van der Waals surface area contributed by atoms with Crippen LogP contribution in [0.3, 0.4) is 0 Å². The molecule has 0 bridgehead atoms. The standard InChI is InChI=1S/C26H39N2O10P/c1-19(31-5)25(34-17-29)14-36-39(37-15-26(35-18-30)20(2)32-6)38-16-28-13-21(10-11-27(3)4)23-9-8-22(33-7)12-24(23)28/h8-9,12-13,17-19,25H,10-11,14-16H2,1-7H3/b26-20-. The Bertz CT molecular complexity index is 1070. The monoisotopic (exact) mass is 570 g/mol. The fraction of sp³-hybridized carbons (Fsp3) is 0.538. The third-order valence-electron chi connectivity index (χ3n) is 5.96. The molecule has 0 N–H and O–H groups in total. The van der Waals surface area contributed by atoms with Crippen LogP contribution in [0.25, 0.3) is 10.9 Å². The van der Waals surface area contributed by atoms with Gasteiger partial charge in [0.05, 0.1) is 32.4 Å². The smallest absolute Gasteiger partial charge is 0.335 e. The quantitative estimate of drug-likeness (QED) is 0.132. The maximum atomic E-state index is 11.0. The molecule has 2 rings (SSSR count). The average Bonchev–Trinajstić information content (AvgIpc) is 3.29. The number of allylic oxidation sites excluding steroid dienone is 1. The molecule has 12 nitrogen and oxygen atoms in total. The number of ether oxygens (including phenoxy) is 5. The molecule has 1 aromatic carbocycles. The second kappa shape index (κ2) is 17.1. The molecule has 3 atom stereocenters. The first-order valence-corrected chi connectivity index (χ1v) is 13.3. The minimum atomic E-state index is -2.00. The lowest BCUT2D eigenvalue weighted by Gasteiger charge is -2.24. The molecule has 0 aliphatic rings. The molecule has 0 radical (unpaired) electrons. The van der Waals surface area contributed by atoms with Crippen LogP contribution >= 0.6 is 8.60 Å². The van der Waals surface area contributed by atoms with Gasteiger partial charge in [-0.15, -0.1) is 0 Å². The van der Waals surface area contributed by atoms with Crippen molar-refractivity contribution in [2.24, 2.45) is 0 Å². The van der Waals surface area contributed by atoms with E-state index in [9.17, 15) is 9.59 Å². The van der Waals surface area contributed by atoms with Crippen LogP contribution in [-0.4, -0.2) is 89.8 Å². The van der Waals surface area contributed by atoms with Crippen molar-refractivity contribution in [2.75, 3.05) is 55.2 Å². The van der Waals surface area contributed by atoms with Crippen LogP contribution in [0, 0.1) is 0 Å². The van der Waals surface area contributed by atoms with Gasteiger partial charge in [0.2, 0.25) is 0 Å². The topological polar surface area (TPSA) is 116 Å². The Morgan fingerprint density at radius 1 is 1.10 bits per heavy atom. The van der Waals surface area contributed by atoms with Crippen LogP contribution in [0.4, 0.5) is 0 Å². The number of likely N-dealkylation sites (N-methyl/N-ethyl adjacent to an activating group) is 1. The van der Waals surface area contributed by atoms with E-state index in [1.807, 2.05) is 43.1 Å². The summed E-state index contributed by atoms with van der Waals surface area (Å²) in [6.07, 6.45) is 1.75. The molecule has 0 amide bonds. The summed E-state index contributed by atoms with van der Waals surface area (Å²) in [7, 11) is 6.63. The summed E-state index contributed by atoms with van der Waals surface area (Å²) in [5.41, 5.74) is 2.08. The largest absolute Gasteiger partial charge is 0.498 e. The normalized spacial score (nSPS) is 14.5. The van der Waals surface area contributed by atoms with Crippen molar-refractivity contribution < 1.29 is 46.8 Å². The van der Waals surface area contributed by atoms with Gasteiger partial charge in [0, 0.05) is 31.3 Å². The van der Waals surface area contributed by atoms with Crippen molar-refractivity contribution >= 4 is 32.4 Å². The molecule has 0 saturated carbocycles. The molecule has 39 heavy (non-hydrogen) atoms. The summed E-state index contributed by atoms with van der Waals surface area (Å²) in [6.45, 7) is 4.77. The minimum Gasteiger partial charge on any atom is -0.498 e. The highest BCUT2D eigenvalue weighted by Gasteiger charge is 2.24. The minimum absolute atomic E-state index is 0.0510. The van der Waals surface area contributed by atoms with Crippen LogP contribution in [-0.2, 0) is 55.3 Å². The summed E-state index contributed by atoms with van der Waals surface area (Å²) < 4.78 is 45.7. The fourth-order valence-corrected chi connectivity index (χ4v) is 4.42. The maximum Gasteiger partial charge on any atom is 0.335 e. The number of fused-ring (bicyclic) bond motifs is 1. The predicted octanol–water partition coefficient (Wildman–Crippen LogP) is 3.62. The number of hydrogen-bond donors (Lipinski definition) is 0. The third-order valence-corrected chi connectivity index (χ3v) is 6.99. The molecular weight excluding hydrogens is 531 g/mol. The summed E-state index contributed by atoms with van der Waals surface area (Å²) in [5, 5.41) is 1.08. The Hall–Kier alpha value is -2.73. The lowest BCUT2D eigenvalue weighted by Crippen LogP contribution is -2.32.